The molecule has 0 atom stereocenters. The van der Waals surface area contributed by atoms with Crippen molar-refractivity contribution in [2.24, 2.45) is 7.05 Å². The number of amides is 1. The Morgan fingerprint density at radius 2 is 2.29 bits per heavy atom. The van der Waals surface area contributed by atoms with Gasteiger partial charge in [-0.2, -0.15) is 5.10 Å². The Hall–Kier alpha value is -2.37. The first-order valence-electron chi connectivity index (χ1n) is 4.85. The summed E-state index contributed by atoms with van der Waals surface area (Å²) < 4.78 is 14.3. The van der Waals surface area contributed by atoms with Crippen LogP contribution in [-0.4, -0.2) is 20.8 Å². The van der Waals surface area contributed by atoms with Crippen molar-refractivity contribution in [3.63, 3.8) is 0 Å². The van der Waals surface area contributed by atoms with E-state index in [0.717, 1.165) is 12.1 Å². The monoisotopic (exact) mass is 235 g/mol. The van der Waals surface area contributed by atoms with Crippen LogP contribution in [0.2, 0.25) is 0 Å². The molecule has 88 valence electrons. The van der Waals surface area contributed by atoms with Gasteiger partial charge in [0.05, 0.1) is 17.4 Å². The summed E-state index contributed by atoms with van der Waals surface area (Å²) in [6.45, 7) is 0. The first-order chi connectivity index (χ1) is 8.06. The molecular formula is C11H10FN3O2. The average molecular weight is 235 g/mol. The lowest BCUT2D eigenvalue weighted by atomic mass is 10.2. The predicted molar refractivity (Wildman–Crippen MR) is 59.2 cm³/mol. The molecule has 0 aliphatic carbocycles. The van der Waals surface area contributed by atoms with Gasteiger partial charge in [0.25, 0.3) is 5.91 Å². The molecule has 1 aromatic carbocycles. The third-order valence-corrected chi connectivity index (χ3v) is 2.17. The highest BCUT2D eigenvalue weighted by atomic mass is 19.1. The number of hydrogen-bond acceptors (Lipinski definition) is 3. The van der Waals surface area contributed by atoms with Gasteiger partial charge in [-0.15, -0.1) is 0 Å². The Labute approximate surface area is 96.5 Å². The van der Waals surface area contributed by atoms with E-state index in [0.29, 0.717) is 5.69 Å². The second-order valence-corrected chi connectivity index (χ2v) is 3.52. The number of aromatic nitrogens is 2. The van der Waals surface area contributed by atoms with Gasteiger partial charge in [0.15, 0.2) is 0 Å². The van der Waals surface area contributed by atoms with Crippen molar-refractivity contribution in [2.75, 3.05) is 5.32 Å². The SMILES string of the molecule is Cn1cc(NC(=O)c2ccc(F)cc2O)cn1. The molecular weight excluding hydrogens is 225 g/mol. The summed E-state index contributed by atoms with van der Waals surface area (Å²) in [5.74, 6) is -1.51. The number of nitrogens with zero attached hydrogens (tertiary/aromatic N) is 2. The maximum atomic E-state index is 12.7. The number of phenolic OH excluding ortho intramolecular Hbond substituents is 1. The Balaban J connectivity index is 2.20. The molecule has 1 aromatic heterocycles. The fourth-order valence-corrected chi connectivity index (χ4v) is 1.38. The van der Waals surface area contributed by atoms with Gasteiger partial charge in [0, 0.05) is 19.3 Å². The minimum absolute atomic E-state index is 0.00949. The maximum absolute atomic E-state index is 12.7. The Morgan fingerprint density at radius 3 is 2.88 bits per heavy atom. The summed E-state index contributed by atoms with van der Waals surface area (Å²) in [4.78, 5) is 11.7. The molecule has 6 heteroatoms. The van der Waals surface area contributed by atoms with E-state index in [9.17, 15) is 14.3 Å². The number of rotatable bonds is 2. The normalized spacial score (nSPS) is 10.2. The van der Waals surface area contributed by atoms with Crippen molar-refractivity contribution in [3.8, 4) is 5.75 Å². The lowest BCUT2D eigenvalue weighted by Crippen LogP contribution is -2.11. The highest BCUT2D eigenvalue weighted by Crippen LogP contribution is 2.19. The highest BCUT2D eigenvalue weighted by molar-refractivity contribution is 6.05. The highest BCUT2D eigenvalue weighted by Gasteiger charge is 2.12. The number of phenols is 1. The molecule has 2 N–H and O–H groups in total. The fourth-order valence-electron chi connectivity index (χ4n) is 1.38. The summed E-state index contributed by atoms with van der Waals surface area (Å²) in [5.41, 5.74) is 0.511. The smallest absolute Gasteiger partial charge is 0.259 e. The molecule has 0 spiro atoms. The van der Waals surface area contributed by atoms with Crippen LogP contribution < -0.4 is 5.32 Å². The van der Waals surface area contributed by atoms with Crippen molar-refractivity contribution in [2.45, 2.75) is 0 Å². The number of anilines is 1. The number of hydrogen-bond donors (Lipinski definition) is 2. The number of benzene rings is 1. The number of aryl methyl sites for hydroxylation is 1. The molecule has 0 saturated heterocycles. The second-order valence-electron chi connectivity index (χ2n) is 3.52. The van der Waals surface area contributed by atoms with Crippen molar-refractivity contribution in [1.82, 2.24) is 9.78 Å². The molecule has 0 saturated carbocycles. The number of carbonyl (C=O) groups is 1. The van der Waals surface area contributed by atoms with Gasteiger partial charge in [-0.1, -0.05) is 0 Å². The molecule has 2 aromatic rings. The van der Waals surface area contributed by atoms with Gasteiger partial charge in [0.2, 0.25) is 0 Å². The fraction of sp³-hybridized carbons (Fsp3) is 0.0909. The van der Waals surface area contributed by atoms with E-state index >= 15 is 0 Å². The van der Waals surface area contributed by atoms with Crippen molar-refractivity contribution in [1.29, 1.82) is 0 Å². The van der Waals surface area contributed by atoms with E-state index in [4.69, 9.17) is 0 Å². The molecule has 2 rings (SSSR count). The second kappa shape index (κ2) is 4.25. The van der Waals surface area contributed by atoms with Crippen LogP contribution in [0.5, 0.6) is 5.75 Å². The van der Waals surface area contributed by atoms with Gasteiger partial charge in [-0.05, 0) is 12.1 Å². The lowest BCUT2D eigenvalue weighted by molar-refractivity contribution is 0.102. The molecule has 0 bridgehead atoms. The van der Waals surface area contributed by atoms with Crippen LogP contribution in [0.4, 0.5) is 10.1 Å². The van der Waals surface area contributed by atoms with Gasteiger partial charge in [-0.25, -0.2) is 4.39 Å². The summed E-state index contributed by atoms with van der Waals surface area (Å²) in [5, 5.41) is 15.8. The first-order valence-corrected chi connectivity index (χ1v) is 4.85. The average Bonchev–Trinajstić information content (AvgIpc) is 2.63. The predicted octanol–water partition coefficient (Wildman–Crippen LogP) is 1.52. The van der Waals surface area contributed by atoms with Crippen molar-refractivity contribution < 1.29 is 14.3 Å². The van der Waals surface area contributed by atoms with Gasteiger partial charge >= 0.3 is 0 Å². The first kappa shape index (κ1) is 11.1. The maximum Gasteiger partial charge on any atom is 0.259 e. The van der Waals surface area contributed by atoms with Crippen LogP contribution >= 0.6 is 0 Å². The molecule has 17 heavy (non-hydrogen) atoms. The van der Waals surface area contributed by atoms with E-state index in [1.807, 2.05) is 0 Å². The lowest BCUT2D eigenvalue weighted by Gasteiger charge is -2.04. The van der Waals surface area contributed by atoms with E-state index in [2.05, 4.69) is 10.4 Å². The van der Waals surface area contributed by atoms with E-state index in [-0.39, 0.29) is 5.56 Å². The zero-order valence-electron chi connectivity index (χ0n) is 9.01. The summed E-state index contributed by atoms with van der Waals surface area (Å²) in [6.07, 6.45) is 3.08. The van der Waals surface area contributed by atoms with Gasteiger partial charge in [0.1, 0.15) is 11.6 Å². The zero-order chi connectivity index (χ0) is 12.4. The molecule has 0 fully saturated rings. The Kier molecular flexibility index (Phi) is 2.78. The van der Waals surface area contributed by atoms with Crippen LogP contribution in [0.3, 0.4) is 0 Å². The molecule has 0 radical (unpaired) electrons. The Bertz CT molecular complexity index is 566. The van der Waals surface area contributed by atoms with Gasteiger partial charge < -0.3 is 10.4 Å². The van der Waals surface area contributed by atoms with Crippen LogP contribution in [0, 0.1) is 5.82 Å². The molecule has 1 amide bonds. The summed E-state index contributed by atoms with van der Waals surface area (Å²) in [7, 11) is 1.71. The standard InChI is InChI=1S/C11H10FN3O2/c1-15-6-8(5-13-15)14-11(17)9-3-2-7(12)4-10(9)16/h2-6,16H,1H3,(H,14,17). The van der Waals surface area contributed by atoms with Gasteiger partial charge in [-0.3, -0.25) is 9.48 Å². The topological polar surface area (TPSA) is 67.2 Å². The summed E-state index contributed by atoms with van der Waals surface area (Å²) >= 11 is 0. The van der Waals surface area contributed by atoms with Crippen LogP contribution in [0.1, 0.15) is 10.4 Å². The van der Waals surface area contributed by atoms with Crippen molar-refractivity contribution >= 4 is 11.6 Å². The van der Waals surface area contributed by atoms with Crippen LogP contribution in [0.15, 0.2) is 30.6 Å². The zero-order valence-corrected chi connectivity index (χ0v) is 9.01. The number of aromatic hydroxyl groups is 1. The minimum atomic E-state index is -0.597. The van der Waals surface area contributed by atoms with E-state index in [1.54, 1.807) is 13.2 Å². The van der Waals surface area contributed by atoms with Crippen LogP contribution in [0.25, 0.3) is 0 Å². The third-order valence-electron chi connectivity index (χ3n) is 2.17. The quantitative estimate of drug-likeness (QED) is 0.829. The van der Waals surface area contributed by atoms with Crippen molar-refractivity contribution in [3.05, 3.63) is 42.0 Å². The minimum Gasteiger partial charge on any atom is -0.507 e. The summed E-state index contributed by atoms with van der Waals surface area (Å²) in [6, 6.07) is 3.21. The Morgan fingerprint density at radius 1 is 1.53 bits per heavy atom. The van der Waals surface area contributed by atoms with E-state index in [1.165, 1.54) is 16.9 Å². The number of nitrogens with one attached hydrogen (secondary N) is 1. The number of halogens is 1. The van der Waals surface area contributed by atoms with E-state index < -0.39 is 17.5 Å². The molecule has 0 unspecified atom stereocenters. The molecule has 0 aliphatic heterocycles. The third kappa shape index (κ3) is 2.41. The molecule has 0 aliphatic rings. The molecule has 1 heterocycles. The number of carbonyl (C=O) groups excluding carboxylic acids is 1. The molecule has 5 nitrogen and oxygen atoms in total. The largest absolute Gasteiger partial charge is 0.507 e. The van der Waals surface area contributed by atoms with Crippen LogP contribution in [-0.2, 0) is 7.05 Å².